The molecule has 1 atom stereocenters. The highest BCUT2D eigenvalue weighted by atomic mass is 16.3. The number of rotatable bonds is 4. The molecule has 1 fully saturated rings. The van der Waals surface area contributed by atoms with E-state index in [1.807, 2.05) is 29.2 Å². The minimum atomic E-state index is -0.257. The summed E-state index contributed by atoms with van der Waals surface area (Å²) in [5.74, 6) is 0.0953. The average Bonchev–Trinajstić information content (AvgIpc) is 3.05. The lowest BCUT2D eigenvalue weighted by Crippen LogP contribution is -2.51. The van der Waals surface area contributed by atoms with Crippen LogP contribution in [-0.4, -0.2) is 47.7 Å². The van der Waals surface area contributed by atoms with Crippen molar-refractivity contribution in [1.29, 1.82) is 0 Å². The van der Waals surface area contributed by atoms with Gasteiger partial charge in [0.25, 0.3) is 0 Å². The van der Waals surface area contributed by atoms with Crippen LogP contribution in [0, 0.1) is 0 Å². The number of hydrogen-bond donors (Lipinski definition) is 3. The van der Waals surface area contributed by atoms with Crippen molar-refractivity contribution in [3.63, 3.8) is 0 Å². The maximum Gasteiger partial charge on any atom is 0.247 e. The SMILES string of the molecule is O=C(C1CNc2ccccc2N1)N(CCO)C1CCCC1. The van der Waals surface area contributed by atoms with E-state index >= 15 is 0 Å². The summed E-state index contributed by atoms with van der Waals surface area (Å²) < 4.78 is 0. The number of aliphatic hydroxyl groups is 1. The molecule has 1 saturated carbocycles. The Morgan fingerprint density at radius 3 is 2.67 bits per heavy atom. The molecule has 1 aromatic carbocycles. The van der Waals surface area contributed by atoms with Crippen LogP contribution in [0.3, 0.4) is 0 Å². The molecule has 114 valence electrons. The quantitative estimate of drug-likeness (QED) is 0.789. The van der Waals surface area contributed by atoms with Gasteiger partial charge in [-0.2, -0.15) is 0 Å². The Hall–Kier alpha value is -1.75. The Labute approximate surface area is 125 Å². The number of hydrogen-bond acceptors (Lipinski definition) is 4. The van der Waals surface area contributed by atoms with Gasteiger partial charge in [-0.3, -0.25) is 4.79 Å². The molecule has 1 aliphatic heterocycles. The predicted octanol–water partition coefficient (Wildman–Crippen LogP) is 1.66. The maximum atomic E-state index is 12.8. The molecule has 1 unspecified atom stereocenters. The second-order valence-electron chi connectivity index (χ2n) is 5.82. The highest BCUT2D eigenvalue weighted by Gasteiger charge is 2.32. The van der Waals surface area contributed by atoms with Crippen LogP contribution in [-0.2, 0) is 4.79 Å². The first kappa shape index (κ1) is 14.2. The van der Waals surface area contributed by atoms with Crippen molar-refractivity contribution >= 4 is 17.3 Å². The molecule has 2 aliphatic rings. The molecule has 0 bridgehead atoms. The molecule has 0 radical (unpaired) electrons. The van der Waals surface area contributed by atoms with Crippen molar-refractivity contribution in [3.05, 3.63) is 24.3 Å². The fraction of sp³-hybridized carbons (Fsp3) is 0.562. The summed E-state index contributed by atoms with van der Waals surface area (Å²) in [7, 11) is 0. The van der Waals surface area contributed by atoms with Crippen LogP contribution in [0.5, 0.6) is 0 Å². The largest absolute Gasteiger partial charge is 0.395 e. The van der Waals surface area contributed by atoms with Crippen LogP contribution in [0.15, 0.2) is 24.3 Å². The van der Waals surface area contributed by atoms with Crippen molar-refractivity contribution in [2.45, 2.75) is 37.8 Å². The predicted molar refractivity (Wildman–Crippen MR) is 83.4 cm³/mol. The molecule has 1 amide bonds. The summed E-state index contributed by atoms with van der Waals surface area (Å²) in [6, 6.07) is 7.96. The minimum Gasteiger partial charge on any atom is -0.395 e. The lowest BCUT2D eigenvalue weighted by atomic mass is 10.1. The van der Waals surface area contributed by atoms with E-state index in [0.29, 0.717) is 19.1 Å². The fourth-order valence-electron chi connectivity index (χ4n) is 3.36. The molecule has 1 heterocycles. The first-order valence-electron chi connectivity index (χ1n) is 7.80. The van der Waals surface area contributed by atoms with Gasteiger partial charge < -0.3 is 20.6 Å². The Morgan fingerprint density at radius 1 is 1.24 bits per heavy atom. The van der Waals surface area contributed by atoms with Crippen molar-refractivity contribution < 1.29 is 9.90 Å². The third-order valence-electron chi connectivity index (χ3n) is 4.44. The van der Waals surface area contributed by atoms with Crippen LogP contribution in [0.25, 0.3) is 0 Å². The number of para-hydroxylation sites is 2. The van der Waals surface area contributed by atoms with Gasteiger partial charge >= 0.3 is 0 Å². The molecule has 5 heteroatoms. The average molecular weight is 289 g/mol. The summed E-state index contributed by atoms with van der Waals surface area (Å²) in [6.45, 7) is 1.05. The van der Waals surface area contributed by atoms with E-state index in [2.05, 4.69) is 10.6 Å². The number of amides is 1. The summed E-state index contributed by atoms with van der Waals surface area (Å²) in [6.07, 6.45) is 4.48. The number of nitrogens with one attached hydrogen (secondary N) is 2. The summed E-state index contributed by atoms with van der Waals surface area (Å²) >= 11 is 0. The zero-order chi connectivity index (χ0) is 14.7. The third-order valence-corrected chi connectivity index (χ3v) is 4.44. The molecule has 3 rings (SSSR count). The van der Waals surface area contributed by atoms with Crippen molar-refractivity contribution in [2.24, 2.45) is 0 Å². The van der Waals surface area contributed by atoms with E-state index in [9.17, 15) is 9.90 Å². The van der Waals surface area contributed by atoms with Crippen LogP contribution in [0.4, 0.5) is 11.4 Å². The number of carbonyl (C=O) groups is 1. The van der Waals surface area contributed by atoms with Crippen LogP contribution in [0.1, 0.15) is 25.7 Å². The number of fused-ring (bicyclic) bond motifs is 1. The Kier molecular flexibility index (Phi) is 4.29. The second kappa shape index (κ2) is 6.35. The maximum absolute atomic E-state index is 12.8. The zero-order valence-corrected chi connectivity index (χ0v) is 12.2. The molecule has 0 spiro atoms. The Balaban J connectivity index is 1.71. The van der Waals surface area contributed by atoms with Crippen LogP contribution >= 0.6 is 0 Å². The van der Waals surface area contributed by atoms with E-state index in [1.54, 1.807) is 0 Å². The van der Waals surface area contributed by atoms with E-state index < -0.39 is 0 Å². The van der Waals surface area contributed by atoms with E-state index in [1.165, 1.54) is 12.8 Å². The van der Waals surface area contributed by atoms with E-state index in [0.717, 1.165) is 24.2 Å². The normalized spacial score (nSPS) is 21.3. The highest BCUT2D eigenvalue weighted by molar-refractivity contribution is 5.89. The van der Waals surface area contributed by atoms with Crippen molar-refractivity contribution in [1.82, 2.24) is 4.90 Å². The van der Waals surface area contributed by atoms with E-state index in [4.69, 9.17) is 0 Å². The van der Waals surface area contributed by atoms with Gasteiger partial charge in [-0.15, -0.1) is 0 Å². The molecule has 1 aromatic rings. The first-order chi connectivity index (χ1) is 10.3. The van der Waals surface area contributed by atoms with Crippen molar-refractivity contribution in [3.8, 4) is 0 Å². The topological polar surface area (TPSA) is 64.6 Å². The molecular formula is C16H23N3O2. The summed E-state index contributed by atoms with van der Waals surface area (Å²) in [5.41, 5.74) is 2.01. The monoisotopic (exact) mass is 289 g/mol. The van der Waals surface area contributed by atoms with Crippen LogP contribution < -0.4 is 10.6 Å². The molecule has 5 nitrogen and oxygen atoms in total. The van der Waals surface area contributed by atoms with Gasteiger partial charge in [0.2, 0.25) is 5.91 Å². The van der Waals surface area contributed by atoms with Gasteiger partial charge in [0, 0.05) is 19.1 Å². The van der Waals surface area contributed by atoms with Gasteiger partial charge in [-0.1, -0.05) is 25.0 Å². The number of aliphatic hydroxyl groups excluding tert-OH is 1. The number of nitrogens with zero attached hydrogens (tertiary/aromatic N) is 1. The Bertz CT molecular complexity index is 500. The van der Waals surface area contributed by atoms with Crippen molar-refractivity contribution in [2.75, 3.05) is 30.3 Å². The zero-order valence-electron chi connectivity index (χ0n) is 12.2. The van der Waals surface area contributed by atoms with E-state index in [-0.39, 0.29) is 18.6 Å². The van der Waals surface area contributed by atoms with Gasteiger partial charge in [0.15, 0.2) is 0 Å². The number of carbonyl (C=O) groups excluding carboxylic acids is 1. The lowest BCUT2D eigenvalue weighted by Gasteiger charge is -2.35. The van der Waals surface area contributed by atoms with Gasteiger partial charge in [-0.05, 0) is 25.0 Å². The highest BCUT2D eigenvalue weighted by Crippen LogP contribution is 2.28. The summed E-state index contributed by atoms with van der Waals surface area (Å²) in [4.78, 5) is 14.7. The minimum absolute atomic E-state index is 0.0268. The fourth-order valence-corrected chi connectivity index (χ4v) is 3.36. The molecule has 3 N–H and O–H groups in total. The lowest BCUT2D eigenvalue weighted by molar-refractivity contribution is -0.134. The smallest absolute Gasteiger partial charge is 0.247 e. The molecule has 21 heavy (non-hydrogen) atoms. The second-order valence-corrected chi connectivity index (χ2v) is 5.82. The number of anilines is 2. The van der Waals surface area contributed by atoms with Gasteiger partial charge in [0.05, 0.1) is 18.0 Å². The molecule has 0 saturated heterocycles. The first-order valence-corrected chi connectivity index (χ1v) is 7.80. The van der Waals surface area contributed by atoms with Crippen LogP contribution in [0.2, 0.25) is 0 Å². The summed E-state index contributed by atoms with van der Waals surface area (Å²) in [5, 5.41) is 15.9. The Morgan fingerprint density at radius 2 is 1.95 bits per heavy atom. The third kappa shape index (κ3) is 2.97. The standard InChI is InChI=1S/C16H23N3O2/c20-10-9-19(12-5-1-2-6-12)16(21)15-11-17-13-7-3-4-8-14(13)18-15/h3-4,7-8,12,15,17-18,20H,1-2,5-6,9-11H2. The number of benzene rings is 1. The molecule has 1 aliphatic carbocycles. The van der Waals surface area contributed by atoms with Gasteiger partial charge in [-0.25, -0.2) is 0 Å². The molecule has 0 aromatic heterocycles. The molecular weight excluding hydrogens is 266 g/mol. The van der Waals surface area contributed by atoms with Gasteiger partial charge in [0.1, 0.15) is 6.04 Å².